The van der Waals surface area contributed by atoms with E-state index in [2.05, 4.69) is 16.8 Å². The van der Waals surface area contributed by atoms with Gasteiger partial charge in [0, 0.05) is 24.4 Å². The van der Waals surface area contributed by atoms with Crippen molar-refractivity contribution in [2.75, 3.05) is 25.4 Å². The van der Waals surface area contributed by atoms with E-state index in [0.717, 1.165) is 37.6 Å². The van der Waals surface area contributed by atoms with E-state index in [9.17, 15) is 0 Å². The van der Waals surface area contributed by atoms with Crippen LogP contribution in [-0.2, 0) is 12.8 Å². The lowest BCUT2D eigenvalue weighted by Crippen LogP contribution is -2.25. The Balaban J connectivity index is 2.14. The third kappa shape index (κ3) is 1.84. The van der Waals surface area contributed by atoms with E-state index < -0.39 is 0 Å². The zero-order chi connectivity index (χ0) is 9.26. The first-order chi connectivity index (χ1) is 6.29. The normalized spacial score (nSPS) is 18.2. The third-order valence-electron chi connectivity index (χ3n) is 2.56. The largest absolute Gasteiger partial charge is 0.375 e. The Morgan fingerprint density at radius 3 is 3.00 bits per heavy atom. The van der Waals surface area contributed by atoms with Crippen molar-refractivity contribution in [3.05, 3.63) is 10.6 Å². The quantitative estimate of drug-likeness (QED) is 0.734. The van der Waals surface area contributed by atoms with E-state index in [1.54, 1.807) is 11.3 Å². The second-order valence-electron chi connectivity index (χ2n) is 3.36. The molecule has 0 atom stereocenters. The van der Waals surface area contributed by atoms with Crippen molar-refractivity contribution in [1.29, 1.82) is 0 Å². The summed E-state index contributed by atoms with van der Waals surface area (Å²) in [5.74, 6) is 0. The standard InChI is InChI=1S/C9H15N3S/c1-2-12-5-3-7-8(4-6-12)13-9(10)11-7/h2-6H2,1H3,(H2,10,11). The lowest BCUT2D eigenvalue weighted by molar-refractivity contribution is 0.303. The van der Waals surface area contributed by atoms with Crippen molar-refractivity contribution in [2.45, 2.75) is 19.8 Å². The lowest BCUT2D eigenvalue weighted by Gasteiger charge is -2.16. The summed E-state index contributed by atoms with van der Waals surface area (Å²) in [6, 6.07) is 0. The van der Waals surface area contributed by atoms with Gasteiger partial charge in [0.25, 0.3) is 0 Å². The molecule has 2 rings (SSSR count). The molecule has 2 N–H and O–H groups in total. The van der Waals surface area contributed by atoms with Gasteiger partial charge >= 0.3 is 0 Å². The first kappa shape index (κ1) is 8.97. The fraction of sp³-hybridized carbons (Fsp3) is 0.667. The van der Waals surface area contributed by atoms with Gasteiger partial charge in [0.05, 0.1) is 5.69 Å². The van der Waals surface area contributed by atoms with Gasteiger partial charge in [0.15, 0.2) is 5.13 Å². The third-order valence-corrected chi connectivity index (χ3v) is 3.55. The summed E-state index contributed by atoms with van der Waals surface area (Å²) in [6.45, 7) is 5.64. The first-order valence-corrected chi connectivity index (χ1v) is 5.57. The molecule has 0 fully saturated rings. The minimum atomic E-state index is 0.731. The summed E-state index contributed by atoms with van der Waals surface area (Å²) in [6.07, 6.45) is 2.19. The van der Waals surface area contributed by atoms with Crippen LogP contribution in [-0.4, -0.2) is 29.5 Å². The molecule has 0 aromatic carbocycles. The maximum atomic E-state index is 5.67. The zero-order valence-electron chi connectivity index (χ0n) is 7.92. The molecule has 1 aromatic rings. The van der Waals surface area contributed by atoms with Gasteiger partial charge in [-0.2, -0.15) is 0 Å². The van der Waals surface area contributed by atoms with Crippen LogP contribution in [0.4, 0.5) is 5.13 Å². The summed E-state index contributed by atoms with van der Waals surface area (Å²) in [5.41, 5.74) is 6.90. The minimum absolute atomic E-state index is 0.731. The van der Waals surface area contributed by atoms with Crippen molar-refractivity contribution in [2.24, 2.45) is 0 Å². The number of anilines is 1. The Hall–Kier alpha value is -0.610. The van der Waals surface area contributed by atoms with Crippen LogP contribution in [0.5, 0.6) is 0 Å². The molecule has 0 saturated carbocycles. The van der Waals surface area contributed by atoms with Gasteiger partial charge in [-0.15, -0.1) is 11.3 Å². The summed E-state index contributed by atoms with van der Waals surface area (Å²) in [5, 5.41) is 0.731. The molecule has 0 radical (unpaired) electrons. The Bertz CT molecular complexity index is 270. The Labute approximate surface area is 82.6 Å². The average Bonchev–Trinajstić information content (AvgIpc) is 2.37. The molecule has 0 amide bonds. The van der Waals surface area contributed by atoms with Gasteiger partial charge in [-0.1, -0.05) is 6.92 Å². The lowest BCUT2D eigenvalue weighted by atomic mass is 10.2. The summed E-state index contributed by atoms with van der Waals surface area (Å²) in [7, 11) is 0. The van der Waals surface area contributed by atoms with E-state index in [-0.39, 0.29) is 0 Å². The number of thiazole rings is 1. The Morgan fingerprint density at radius 1 is 1.46 bits per heavy atom. The van der Waals surface area contributed by atoms with E-state index in [1.165, 1.54) is 10.6 Å². The summed E-state index contributed by atoms with van der Waals surface area (Å²) >= 11 is 1.66. The number of nitrogens with zero attached hydrogens (tertiary/aromatic N) is 2. The average molecular weight is 197 g/mol. The zero-order valence-corrected chi connectivity index (χ0v) is 8.73. The van der Waals surface area contributed by atoms with Crippen LogP contribution in [0.3, 0.4) is 0 Å². The molecule has 4 heteroatoms. The molecule has 1 aromatic heterocycles. The van der Waals surface area contributed by atoms with Gasteiger partial charge in [-0.3, -0.25) is 0 Å². The van der Waals surface area contributed by atoms with Crippen molar-refractivity contribution in [1.82, 2.24) is 9.88 Å². The van der Waals surface area contributed by atoms with Crippen molar-refractivity contribution in [3.63, 3.8) is 0 Å². The van der Waals surface area contributed by atoms with E-state index in [4.69, 9.17) is 5.73 Å². The number of nitrogens with two attached hydrogens (primary N) is 1. The van der Waals surface area contributed by atoms with Gasteiger partial charge < -0.3 is 10.6 Å². The molecular weight excluding hydrogens is 182 g/mol. The Kier molecular flexibility index (Phi) is 2.51. The van der Waals surface area contributed by atoms with Gasteiger partial charge in [-0.05, 0) is 13.0 Å². The van der Waals surface area contributed by atoms with Crippen LogP contribution in [0, 0.1) is 0 Å². The maximum Gasteiger partial charge on any atom is 0.180 e. The summed E-state index contributed by atoms with van der Waals surface area (Å²) in [4.78, 5) is 8.21. The fourth-order valence-corrected chi connectivity index (χ4v) is 2.61. The number of nitrogen functional groups attached to an aromatic ring is 1. The van der Waals surface area contributed by atoms with E-state index in [0.29, 0.717) is 0 Å². The molecule has 1 aliphatic heterocycles. The van der Waals surface area contributed by atoms with Gasteiger partial charge in [-0.25, -0.2) is 4.98 Å². The molecule has 13 heavy (non-hydrogen) atoms. The second-order valence-corrected chi connectivity index (χ2v) is 4.47. The van der Waals surface area contributed by atoms with Gasteiger partial charge in [0.1, 0.15) is 0 Å². The molecule has 0 bridgehead atoms. The van der Waals surface area contributed by atoms with E-state index >= 15 is 0 Å². The molecule has 72 valence electrons. The van der Waals surface area contributed by atoms with Crippen LogP contribution in [0.25, 0.3) is 0 Å². The summed E-state index contributed by atoms with van der Waals surface area (Å²) < 4.78 is 0. The molecule has 0 spiro atoms. The van der Waals surface area contributed by atoms with Crippen LogP contribution >= 0.6 is 11.3 Å². The Morgan fingerprint density at radius 2 is 2.23 bits per heavy atom. The predicted molar refractivity (Wildman–Crippen MR) is 56.0 cm³/mol. The smallest absolute Gasteiger partial charge is 0.180 e. The van der Waals surface area contributed by atoms with Crippen molar-refractivity contribution < 1.29 is 0 Å². The molecule has 0 unspecified atom stereocenters. The molecular formula is C9H15N3S. The van der Waals surface area contributed by atoms with E-state index in [1.807, 2.05) is 0 Å². The molecule has 2 heterocycles. The highest BCUT2D eigenvalue weighted by atomic mass is 32.1. The molecule has 0 aliphatic carbocycles. The van der Waals surface area contributed by atoms with Crippen molar-refractivity contribution >= 4 is 16.5 Å². The fourth-order valence-electron chi connectivity index (χ4n) is 1.75. The molecule has 1 aliphatic rings. The number of rotatable bonds is 1. The van der Waals surface area contributed by atoms with Gasteiger partial charge in [0.2, 0.25) is 0 Å². The number of fused-ring (bicyclic) bond motifs is 1. The van der Waals surface area contributed by atoms with Crippen LogP contribution < -0.4 is 5.73 Å². The number of aromatic nitrogens is 1. The number of hydrogen-bond acceptors (Lipinski definition) is 4. The van der Waals surface area contributed by atoms with Crippen molar-refractivity contribution in [3.8, 4) is 0 Å². The van der Waals surface area contributed by atoms with Crippen LogP contribution in [0.1, 0.15) is 17.5 Å². The second kappa shape index (κ2) is 3.64. The molecule has 0 saturated heterocycles. The predicted octanol–water partition coefficient (Wildman–Crippen LogP) is 1.15. The highest BCUT2D eigenvalue weighted by molar-refractivity contribution is 7.15. The number of hydrogen-bond donors (Lipinski definition) is 1. The maximum absolute atomic E-state index is 5.67. The topological polar surface area (TPSA) is 42.2 Å². The first-order valence-electron chi connectivity index (χ1n) is 4.76. The molecule has 3 nitrogen and oxygen atoms in total. The highest BCUT2D eigenvalue weighted by Gasteiger charge is 2.15. The van der Waals surface area contributed by atoms with Crippen LogP contribution in [0.2, 0.25) is 0 Å². The monoisotopic (exact) mass is 197 g/mol. The number of likely N-dealkylation sites (N-methyl/N-ethyl adjacent to an activating group) is 1. The minimum Gasteiger partial charge on any atom is -0.375 e. The van der Waals surface area contributed by atoms with Crippen LogP contribution in [0.15, 0.2) is 0 Å². The highest BCUT2D eigenvalue weighted by Crippen LogP contribution is 2.23. The SMILES string of the molecule is CCN1CCc2nc(N)sc2CC1.